The minimum absolute atomic E-state index is 0.495. The second-order valence-electron chi connectivity index (χ2n) is 4.96. The Bertz CT molecular complexity index is 366. The SMILES string of the molecule is CCCNC(CSCC)c1cc(C)c(C)cc1C. The van der Waals surface area contributed by atoms with Crippen LogP contribution in [-0.2, 0) is 0 Å². The van der Waals surface area contributed by atoms with E-state index in [4.69, 9.17) is 0 Å². The molecule has 1 atom stereocenters. The van der Waals surface area contributed by atoms with Crippen molar-refractivity contribution in [2.45, 2.75) is 47.1 Å². The third-order valence-corrected chi connectivity index (χ3v) is 4.36. The molecule has 0 heterocycles. The predicted molar refractivity (Wildman–Crippen MR) is 84.7 cm³/mol. The lowest BCUT2D eigenvalue weighted by Crippen LogP contribution is -2.25. The summed E-state index contributed by atoms with van der Waals surface area (Å²) < 4.78 is 0. The van der Waals surface area contributed by atoms with Gasteiger partial charge in [-0.25, -0.2) is 0 Å². The Morgan fingerprint density at radius 1 is 1.06 bits per heavy atom. The molecule has 0 aliphatic rings. The molecular weight excluding hydrogens is 238 g/mol. The molecule has 1 N–H and O–H groups in total. The molecule has 0 aliphatic carbocycles. The van der Waals surface area contributed by atoms with Gasteiger partial charge in [0.1, 0.15) is 0 Å². The summed E-state index contributed by atoms with van der Waals surface area (Å²) in [7, 11) is 0. The lowest BCUT2D eigenvalue weighted by atomic mass is 9.96. The minimum atomic E-state index is 0.495. The summed E-state index contributed by atoms with van der Waals surface area (Å²) in [5.74, 6) is 2.36. The molecule has 2 heteroatoms. The molecule has 0 fully saturated rings. The van der Waals surface area contributed by atoms with Gasteiger partial charge in [0.05, 0.1) is 0 Å². The summed E-state index contributed by atoms with van der Waals surface area (Å²) in [6.07, 6.45) is 1.19. The van der Waals surface area contributed by atoms with Crippen LogP contribution < -0.4 is 5.32 Å². The van der Waals surface area contributed by atoms with Crippen molar-refractivity contribution >= 4 is 11.8 Å². The Kier molecular flexibility index (Phi) is 6.80. The van der Waals surface area contributed by atoms with E-state index in [1.165, 1.54) is 40.2 Å². The van der Waals surface area contributed by atoms with Crippen molar-refractivity contribution in [2.75, 3.05) is 18.1 Å². The standard InChI is InChI=1S/C16H27NS/c1-6-8-17-16(11-18-7-2)15-10-13(4)12(3)9-14(15)5/h9-10,16-17H,6-8,11H2,1-5H3. The van der Waals surface area contributed by atoms with Gasteiger partial charge in [-0.15, -0.1) is 0 Å². The van der Waals surface area contributed by atoms with Gasteiger partial charge in [0.15, 0.2) is 0 Å². The Labute approximate surface area is 117 Å². The van der Waals surface area contributed by atoms with Crippen LogP contribution in [0.2, 0.25) is 0 Å². The number of benzene rings is 1. The smallest absolute Gasteiger partial charge is 0.0414 e. The maximum absolute atomic E-state index is 3.69. The third kappa shape index (κ3) is 4.33. The van der Waals surface area contributed by atoms with Gasteiger partial charge in [-0.05, 0) is 61.7 Å². The lowest BCUT2D eigenvalue weighted by Gasteiger charge is -2.22. The van der Waals surface area contributed by atoms with Crippen molar-refractivity contribution in [3.63, 3.8) is 0 Å². The first-order valence-corrected chi connectivity index (χ1v) is 8.14. The van der Waals surface area contributed by atoms with Crippen molar-refractivity contribution < 1.29 is 0 Å². The molecule has 0 saturated heterocycles. The van der Waals surface area contributed by atoms with Crippen LogP contribution in [0.4, 0.5) is 0 Å². The van der Waals surface area contributed by atoms with Gasteiger partial charge in [0.2, 0.25) is 0 Å². The number of aryl methyl sites for hydroxylation is 3. The average molecular weight is 265 g/mol. The number of hydrogen-bond donors (Lipinski definition) is 1. The van der Waals surface area contributed by atoms with E-state index in [1.54, 1.807) is 0 Å². The van der Waals surface area contributed by atoms with Gasteiger partial charge < -0.3 is 5.32 Å². The molecule has 0 bridgehead atoms. The largest absolute Gasteiger partial charge is 0.309 e. The molecule has 102 valence electrons. The number of hydrogen-bond acceptors (Lipinski definition) is 2. The van der Waals surface area contributed by atoms with E-state index in [9.17, 15) is 0 Å². The zero-order valence-corrected chi connectivity index (χ0v) is 13.3. The number of thioether (sulfide) groups is 1. The van der Waals surface area contributed by atoms with E-state index in [0.29, 0.717) is 6.04 Å². The van der Waals surface area contributed by atoms with Gasteiger partial charge in [-0.1, -0.05) is 26.0 Å². The van der Waals surface area contributed by atoms with Crippen molar-refractivity contribution in [1.82, 2.24) is 5.32 Å². The van der Waals surface area contributed by atoms with Gasteiger partial charge in [0.25, 0.3) is 0 Å². The van der Waals surface area contributed by atoms with E-state index < -0.39 is 0 Å². The summed E-state index contributed by atoms with van der Waals surface area (Å²) in [5, 5.41) is 3.69. The maximum Gasteiger partial charge on any atom is 0.0414 e. The van der Waals surface area contributed by atoms with Crippen LogP contribution in [0, 0.1) is 20.8 Å². The van der Waals surface area contributed by atoms with Crippen LogP contribution in [0.25, 0.3) is 0 Å². The van der Waals surface area contributed by atoms with Crippen LogP contribution >= 0.6 is 11.8 Å². The molecule has 1 rings (SSSR count). The fourth-order valence-corrected chi connectivity index (χ4v) is 2.94. The predicted octanol–water partition coefficient (Wildman–Crippen LogP) is 4.41. The quantitative estimate of drug-likeness (QED) is 0.784. The molecular formula is C16H27NS. The Morgan fingerprint density at radius 3 is 2.33 bits per heavy atom. The maximum atomic E-state index is 3.69. The zero-order valence-electron chi connectivity index (χ0n) is 12.5. The molecule has 0 spiro atoms. The number of nitrogens with one attached hydrogen (secondary N) is 1. The molecule has 0 saturated carbocycles. The molecule has 0 aromatic heterocycles. The first kappa shape index (κ1) is 15.6. The molecule has 0 radical (unpaired) electrons. The second-order valence-corrected chi connectivity index (χ2v) is 6.28. The Morgan fingerprint density at radius 2 is 1.72 bits per heavy atom. The van der Waals surface area contributed by atoms with Crippen molar-refractivity contribution in [2.24, 2.45) is 0 Å². The second kappa shape index (κ2) is 7.85. The fraction of sp³-hybridized carbons (Fsp3) is 0.625. The van der Waals surface area contributed by atoms with E-state index in [-0.39, 0.29) is 0 Å². The average Bonchev–Trinajstić information content (AvgIpc) is 2.35. The molecule has 1 aromatic rings. The fourth-order valence-electron chi connectivity index (χ4n) is 2.17. The minimum Gasteiger partial charge on any atom is -0.309 e. The first-order valence-electron chi connectivity index (χ1n) is 6.99. The monoisotopic (exact) mass is 265 g/mol. The van der Waals surface area contributed by atoms with Crippen molar-refractivity contribution in [1.29, 1.82) is 0 Å². The van der Waals surface area contributed by atoms with Gasteiger partial charge in [0, 0.05) is 11.8 Å². The van der Waals surface area contributed by atoms with E-state index in [1.807, 2.05) is 11.8 Å². The van der Waals surface area contributed by atoms with Crippen LogP contribution in [0.15, 0.2) is 12.1 Å². The van der Waals surface area contributed by atoms with Gasteiger partial charge >= 0.3 is 0 Å². The van der Waals surface area contributed by atoms with Crippen molar-refractivity contribution in [3.8, 4) is 0 Å². The topological polar surface area (TPSA) is 12.0 Å². The van der Waals surface area contributed by atoms with Crippen LogP contribution in [0.1, 0.15) is 48.6 Å². The first-order chi connectivity index (χ1) is 8.60. The molecule has 1 nitrogen and oxygen atoms in total. The summed E-state index contributed by atoms with van der Waals surface area (Å²) >= 11 is 2.02. The highest BCUT2D eigenvalue weighted by Gasteiger charge is 2.13. The summed E-state index contributed by atoms with van der Waals surface area (Å²) in [6, 6.07) is 5.19. The highest BCUT2D eigenvalue weighted by molar-refractivity contribution is 7.99. The summed E-state index contributed by atoms with van der Waals surface area (Å²) in [6.45, 7) is 12.2. The summed E-state index contributed by atoms with van der Waals surface area (Å²) in [5.41, 5.74) is 5.70. The lowest BCUT2D eigenvalue weighted by molar-refractivity contribution is 0.575. The van der Waals surface area contributed by atoms with Crippen LogP contribution in [0.5, 0.6) is 0 Å². The van der Waals surface area contributed by atoms with E-state index in [0.717, 1.165) is 6.54 Å². The molecule has 0 amide bonds. The van der Waals surface area contributed by atoms with E-state index in [2.05, 4.69) is 52.1 Å². The zero-order chi connectivity index (χ0) is 13.5. The third-order valence-electron chi connectivity index (χ3n) is 3.39. The van der Waals surface area contributed by atoms with Crippen LogP contribution in [0.3, 0.4) is 0 Å². The molecule has 0 aliphatic heterocycles. The van der Waals surface area contributed by atoms with Crippen molar-refractivity contribution in [3.05, 3.63) is 34.4 Å². The van der Waals surface area contributed by atoms with Crippen LogP contribution in [-0.4, -0.2) is 18.1 Å². The molecule has 1 unspecified atom stereocenters. The molecule has 1 aromatic carbocycles. The van der Waals surface area contributed by atoms with Gasteiger partial charge in [-0.3, -0.25) is 0 Å². The Hall–Kier alpha value is -0.470. The van der Waals surface area contributed by atoms with E-state index >= 15 is 0 Å². The summed E-state index contributed by atoms with van der Waals surface area (Å²) in [4.78, 5) is 0. The number of rotatable bonds is 7. The molecule has 18 heavy (non-hydrogen) atoms. The van der Waals surface area contributed by atoms with Gasteiger partial charge in [-0.2, -0.15) is 11.8 Å². The Balaban J connectivity index is 2.92. The highest BCUT2D eigenvalue weighted by Crippen LogP contribution is 2.24. The highest BCUT2D eigenvalue weighted by atomic mass is 32.2. The normalized spacial score (nSPS) is 12.7.